The molecule has 2 nitrogen and oxygen atoms in total. The minimum Gasteiger partial charge on any atom is -0.358 e. The first-order valence-corrected chi connectivity index (χ1v) is 6.06. The fourth-order valence-electron chi connectivity index (χ4n) is 1.53. The Morgan fingerprint density at radius 3 is 2.38 bits per heavy atom. The van der Waals surface area contributed by atoms with Crippen molar-refractivity contribution < 1.29 is 0 Å². The summed E-state index contributed by atoms with van der Waals surface area (Å²) in [6, 6.07) is 4.19. The minimum absolute atomic E-state index is 0.133. The SMILES string of the molecule is CC(Cl)CN(C)c1ccc(C(C)(C)C)cn1. The predicted octanol–water partition coefficient (Wildman–Crippen LogP) is 3.44. The summed E-state index contributed by atoms with van der Waals surface area (Å²) < 4.78 is 0. The topological polar surface area (TPSA) is 16.1 Å². The maximum atomic E-state index is 5.96. The third-order valence-corrected chi connectivity index (χ3v) is 2.67. The van der Waals surface area contributed by atoms with E-state index in [2.05, 4.69) is 42.8 Å². The molecule has 0 saturated heterocycles. The van der Waals surface area contributed by atoms with Gasteiger partial charge in [-0.05, 0) is 24.0 Å². The van der Waals surface area contributed by atoms with Gasteiger partial charge in [0.1, 0.15) is 5.82 Å². The Labute approximate surface area is 104 Å². The summed E-state index contributed by atoms with van der Waals surface area (Å²) in [4.78, 5) is 6.54. The molecule has 3 heteroatoms. The van der Waals surface area contributed by atoms with Gasteiger partial charge in [-0.3, -0.25) is 0 Å². The number of nitrogens with zero attached hydrogens (tertiary/aromatic N) is 2. The monoisotopic (exact) mass is 240 g/mol. The van der Waals surface area contributed by atoms with Gasteiger partial charge in [0.2, 0.25) is 0 Å². The van der Waals surface area contributed by atoms with Crippen LogP contribution in [0.25, 0.3) is 0 Å². The van der Waals surface area contributed by atoms with Gasteiger partial charge in [-0.25, -0.2) is 4.98 Å². The van der Waals surface area contributed by atoms with Gasteiger partial charge in [-0.1, -0.05) is 26.8 Å². The maximum Gasteiger partial charge on any atom is 0.128 e. The molecule has 1 aromatic rings. The molecule has 1 aromatic heterocycles. The first-order valence-electron chi connectivity index (χ1n) is 5.62. The van der Waals surface area contributed by atoms with E-state index in [-0.39, 0.29) is 10.8 Å². The smallest absolute Gasteiger partial charge is 0.128 e. The second kappa shape index (κ2) is 5.05. The highest BCUT2D eigenvalue weighted by molar-refractivity contribution is 6.20. The molecule has 1 rings (SSSR count). The summed E-state index contributed by atoms with van der Waals surface area (Å²) in [6.07, 6.45) is 1.95. The van der Waals surface area contributed by atoms with Crippen molar-refractivity contribution in [1.82, 2.24) is 4.98 Å². The molecule has 0 amide bonds. The van der Waals surface area contributed by atoms with Crippen molar-refractivity contribution in [2.24, 2.45) is 0 Å². The number of hydrogen-bond acceptors (Lipinski definition) is 2. The van der Waals surface area contributed by atoms with Crippen LogP contribution in [0.2, 0.25) is 0 Å². The van der Waals surface area contributed by atoms with Crippen LogP contribution in [0, 0.1) is 0 Å². The third kappa shape index (κ3) is 3.67. The second-order valence-electron chi connectivity index (χ2n) is 5.32. The fourth-order valence-corrected chi connectivity index (χ4v) is 1.73. The zero-order valence-electron chi connectivity index (χ0n) is 10.8. The van der Waals surface area contributed by atoms with Gasteiger partial charge in [-0.2, -0.15) is 0 Å². The Morgan fingerprint density at radius 2 is 2.00 bits per heavy atom. The van der Waals surface area contributed by atoms with E-state index in [0.29, 0.717) is 0 Å². The molecule has 0 bridgehead atoms. The molecule has 1 atom stereocenters. The lowest BCUT2D eigenvalue weighted by atomic mass is 9.88. The second-order valence-corrected chi connectivity index (χ2v) is 6.06. The minimum atomic E-state index is 0.133. The van der Waals surface area contributed by atoms with E-state index >= 15 is 0 Å². The van der Waals surface area contributed by atoms with E-state index in [1.807, 2.05) is 20.2 Å². The van der Waals surface area contributed by atoms with Crippen molar-refractivity contribution in [1.29, 1.82) is 0 Å². The van der Waals surface area contributed by atoms with Crippen molar-refractivity contribution in [3.63, 3.8) is 0 Å². The lowest BCUT2D eigenvalue weighted by molar-refractivity contribution is 0.587. The molecule has 0 aliphatic rings. The summed E-state index contributed by atoms with van der Waals surface area (Å²) in [6.45, 7) is 9.36. The summed E-state index contributed by atoms with van der Waals surface area (Å²) in [5, 5.41) is 0.133. The van der Waals surface area contributed by atoms with Crippen LogP contribution < -0.4 is 4.90 Å². The molecule has 0 spiro atoms. The molecule has 0 N–H and O–H groups in total. The van der Waals surface area contributed by atoms with Crippen LogP contribution in [0.5, 0.6) is 0 Å². The first-order chi connectivity index (χ1) is 7.30. The van der Waals surface area contributed by atoms with Crippen molar-refractivity contribution >= 4 is 17.4 Å². The quantitative estimate of drug-likeness (QED) is 0.753. The Bertz CT molecular complexity index is 325. The zero-order chi connectivity index (χ0) is 12.3. The molecule has 1 heterocycles. The van der Waals surface area contributed by atoms with Gasteiger partial charge in [0.25, 0.3) is 0 Å². The number of halogens is 1. The largest absolute Gasteiger partial charge is 0.358 e. The predicted molar refractivity (Wildman–Crippen MR) is 71.5 cm³/mol. The summed E-state index contributed by atoms with van der Waals surface area (Å²) in [7, 11) is 2.01. The van der Waals surface area contributed by atoms with Crippen LogP contribution in [-0.2, 0) is 5.41 Å². The standard InChI is InChI=1S/C13H21ClN2/c1-10(14)9-16(5)12-7-6-11(8-15-12)13(2,3)4/h6-8,10H,9H2,1-5H3. The lowest BCUT2D eigenvalue weighted by Gasteiger charge is -2.22. The van der Waals surface area contributed by atoms with Gasteiger partial charge in [0, 0.05) is 25.2 Å². The Morgan fingerprint density at radius 1 is 1.38 bits per heavy atom. The van der Waals surface area contributed by atoms with E-state index in [1.165, 1.54) is 5.56 Å². The molecule has 0 aliphatic carbocycles. The van der Waals surface area contributed by atoms with Gasteiger partial charge >= 0.3 is 0 Å². The highest BCUT2D eigenvalue weighted by Gasteiger charge is 2.14. The van der Waals surface area contributed by atoms with Crippen LogP contribution in [0.15, 0.2) is 18.3 Å². The maximum absolute atomic E-state index is 5.96. The van der Waals surface area contributed by atoms with Crippen molar-refractivity contribution in [3.8, 4) is 0 Å². The Balaban J connectivity index is 2.79. The van der Waals surface area contributed by atoms with Gasteiger partial charge < -0.3 is 4.90 Å². The molecule has 90 valence electrons. The fraction of sp³-hybridized carbons (Fsp3) is 0.615. The first kappa shape index (κ1) is 13.3. The summed E-state index contributed by atoms with van der Waals surface area (Å²) >= 11 is 5.96. The molecule has 16 heavy (non-hydrogen) atoms. The molecule has 0 aromatic carbocycles. The summed E-state index contributed by atoms with van der Waals surface area (Å²) in [5.74, 6) is 0.973. The van der Waals surface area contributed by atoms with E-state index in [1.54, 1.807) is 0 Å². The van der Waals surface area contributed by atoms with Crippen molar-refractivity contribution in [2.45, 2.75) is 38.5 Å². The number of anilines is 1. The van der Waals surface area contributed by atoms with Crippen LogP contribution in [0.1, 0.15) is 33.3 Å². The van der Waals surface area contributed by atoms with Gasteiger partial charge in [0.15, 0.2) is 0 Å². The number of aromatic nitrogens is 1. The highest BCUT2D eigenvalue weighted by atomic mass is 35.5. The van der Waals surface area contributed by atoms with Crippen LogP contribution in [0.4, 0.5) is 5.82 Å². The number of rotatable bonds is 3. The number of hydrogen-bond donors (Lipinski definition) is 0. The third-order valence-electron chi connectivity index (χ3n) is 2.53. The number of alkyl halides is 1. The Kier molecular flexibility index (Phi) is 4.20. The van der Waals surface area contributed by atoms with E-state index in [9.17, 15) is 0 Å². The molecule has 0 radical (unpaired) electrons. The van der Waals surface area contributed by atoms with E-state index < -0.39 is 0 Å². The van der Waals surface area contributed by atoms with Crippen LogP contribution in [0.3, 0.4) is 0 Å². The average molecular weight is 241 g/mol. The number of pyridine rings is 1. The summed E-state index contributed by atoms with van der Waals surface area (Å²) in [5.41, 5.74) is 1.41. The van der Waals surface area contributed by atoms with Gasteiger partial charge in [0.05, 0.1) is 0 Å². The molecule has 0 fully saturated rings. The zero-order valence-corrected chi connectivity index (χ0v) is 11.5. The molecule has 1 unspecified atom stereocenters. The van der Waals surface area contributed by atoms with E-state index in [0.717, 1.165) is 12.4 Å². The van der Waals surface area contributed by atoms with Crippen molar-refractivity contribution in [2.75, 3.05) is 18.5 Å². The lowest BCUT2D eigenvalue weighted by Crippen LogP contribution is -2.25. The van der Waals surface area contributed by atoms with Crippen LogP contribution >= 0.6 is 11.6 Å². The van der Waals surface area contributed by atoms with Gasteiger partial charge in [-0.15, -0.1) is 11.6 Å². The molecular formula is C13H21ClN2. The Hall–Kier alpha value is -0.760. The van der Waals surface area contributed by atoms with Crippen molar-refractivity contribution in [3.05, 3.63) is 23.9 Å². The average Bonchev–Trinajstić information content (AvgIpc) is 2.15. The molecule has 0 saturated carbocycles. The van der Waals surface area contributed by atoms with Crippen LogP contribution in [-0.4, -0.2) is 24.0 Å². The highest BCUT2D eigenvalue weighted by Crippen LogP contribution is 2.22. The molecule has 0 aliphatic heterocycles. The normalized spacial score (nSPS) is 13.6. The van der Waals surface area contributed by atoms with E-state index in [4.69, 9.17) is 11.6 Å². The molecular weight excluding hydrogens is 220 g/mol.